The summed E-state index contributed by atoms with van der Waals surface area (Å²) in [6, 6.07) is 1.75. The molecule has 0 saturated heterocycles. The van der Waals surface area contributed by atoms with Gasteiger partial charge in [0.15, 0.2) is 0 Å². The van der Waals surface area contributed by atoms with Crippen molar-refractivity contribution in [1.29, 1.82) is 0 Å². The van der Waals surface area contributed by atoms with Crippen LogP contribution in [0.3, 0.4) is 0 Å². The first-order valence-corrected chi connectivity index (χ1v) is 5.18. The maximum absolute atomic E-state index is 12.1. The molecule has 1 aromatic rings. The minimum atomic E-state index is -9.72. The zero-order chi connectivity index (χ0) is 10.4. The van der Waals surface area contributed by atoms with Gasteiger partial charge >= 0.3 is 10.2 Å². The first-order chi connectivity index (χ1) is 5.50. The van der Waals surface area contributed by atoms with Crippen molar-refractivity contribution in [3.8, 4) is 0 Å². The summed E-state index contributed by atoms with van der Waals surface area (Å²) in [5, 5.41) is -3.38. The van der Waals surface area contributed by atoms with E-state index < -0.39 is 20.3 Å². The van der Waals surface area contributed by atoms with E-state index in [1.807, 2.05) is 0 Å². The molecule has 1 nitrogen and oxygen atoms in total. The smallest absolute Gasteiger partial charge is 0.240 e. The highest BCUT2D eigenvalue weighted by Gasteiger charge is 2.68. The fourth-order valence-corrected chi connectivity index (χ4v) is 1.91. The van der Waals surface area contributed by atoms with E-state index in [0.29, 0.717) is 12.3 Å². The third-order valence-corrected chi connectivity index (χ3v) is 2.56. The maximum atomic E-state index is 12.1. The molecule has 0 unspecified atom stereocenters. The Hall–Kier alpha value is -0.560. The molecule has 0 aliphatic carbocycles. The van der Waals surface area contributed by atoms with Gasteiger partial charge in [-0.05, 0) is 12.1 Å². The molecule has 0 fully saturated rings. The van der Waals surface area contributed by atoms with E-state index in [2.05, 4.69) is 4.98 Å². The SMILES string of the molecule is FS(F)(F)(F)(F)c1ncccc1Cl. The Labute approximate surface area is 75.3 Å². The van der Waals surface area contributed by atoms with Gasteiger partial charge in [-0.3, -0.25) is 0 Å². The molecule has 1 aromatic heterocycles. The van der Waals surface area contributed by atoms with Crippen LogP contribution < -0.4 is 0 Å². The van der Waals surface area contributed by atoms with E-state index in [4.69, 9.17) is 11.6 Å². The first kappa shape index (κ1) is 10.5. The van der Waals surface area contributed by atoms with Gasteiger partial charge in [0.05, 0.1) is 5.02 Å². The number of halogens is 6. The monoisotopic (exact) mass is 239 g/mol. The fourth-order valence-electron chi connectivity index (χ4n) is 0.655. The third kappa shape index (κ3) is 2.44. The van der Waals surface area contributed by atoms with E-state index in [0.717, 1.165) is 6.07 Å². The second-order valence-electron chi connectivity index (χ2n) is 2.26. The molecule has 0 saturated carbocycles. The van der Waals surface area contributed by atoms with Crippen LogP contribution in [0.5, 0.6) is 0 Å². The molecule has 1 heterocycles. The van der Waals surface area contributed by atoms with Gasteiger partial charge in [0.25, 0.3) is 0 Å². The van der Waals surface area contributed by atoms with Crippen LogP contribution in [0, 0.1) is 0 Å². The average Bonchev–Trinajstić information content (AvgIpc) is 1.82. The minimum absolute atomic E-state index is 0.610. The Morgan fingerprint density at radius 1 is 1.15 bits per heavy atom. The predicted octanol–water partition coefficient (Wildman–Crippen LogP) is 4.39. The van der Waals surface area contributed by atoms with Gasteiger partial charge in [0, 0.05) is 6.20 Å². The molecule has 0 atom stereocenters. The van der Waals surface area contributed by atoms with Crippen LogP contribution in [0.25, 0.3) is 0 Å². The van der Waals surface area contributed by atoms with Crippen molar-refractivity contribution in [3.05, 3.63) is 23.4 Å². The Morgan fingerprint density at radius 2 is 1.69 bits per heavy atom. The molecule has 0 spiro atoms. The Bertz CT molecular complexity index is 346. The van der Waals surface area contributed by atoms with E-state index >= 15 is 0 Å². The average molecular weight is 240 g/mol. The summed E-state index contributed by atoms with van der Waals surface area (Å²) in [5.41, 5.74) is 0. The van der Waals surface area contributed by atoms with Crippen LogP contribution >= 0.6 is 21.8 Å². The largest absolute Gasteiger partial charge is 0.327 e. The topological polar surface area (TPSA) is 12.9 Å². The molecule has 13 heavy (non-hydrogen) atoms. The molecule has 0 aliphatic heterocycles. The molecule has 8 heteroatoms. The predicted molar refractivity (Wildman–Crippen MR) is 40.6 cm³/mol. The van der Waals surface area contributed by atoms with Gasteiger partial charge in [-0.1, -0.05) is 31.0 Å². The van der Waals surface area contributed by atoms with Crippen LogP contribution in [-0.4, -0.2) is 4.98 Å². The number of aromatic nitrogens is 1. The number of nitrogens with zero attached hydrogens (tertiary/aromatic N) is 1. The molecular weight excluding hydrogens is 237 g/mol. The fraction of sp³-hybridized carbons (Fsp3) is 0. The van der Waals surface area contributed by atoms with Gasteiger partial charge in [0.2, 0.25) is 5.03 Å². The lowest BCUT2D eigenvalue weighted by atomic mass is 10.5. The normalized spacial score (nSPS) is 17.7. The molecule has 1 rings (SSSR count). The Balaban J connectivity index is 3.50. The van der Waals surface area contributed by atoms with Crippen molar-refractivity contribution >= 4 is 21.8 Å². The van der Waals surface area contributed by atoms with Crippen molar-refractivity contribution in [2.24, 2.45) is 0 Å². The highest BCUT2D eigenvalue weighted by atomic mass is 35.5. The van der Waals surface area contributed by atoms with Crippen molar-refractivity contribution in [3.63, 3.8) is 0 Å². The van der Waals surface area contributed by atoms with E-state index in [9.17, 15) is 19.4 Å². The van der Waals surface area contributed by atoms with Crippen LogP contribution in [0.4, 0.5) is 19.4 Å². The lowest BCUT2D eigenvalue weighted by Crippen LogP contribution is -2.08. The first-order valence-electron chi connectivity index (χ1n) is 2.85. The lowest BCUT2D eigenvalue weighted by Gasteiger charge is -2.39. The highest BCUT2D eigenvalue weighted by molar-refractivity contribution is 8.45. The second kappa shape index (κ2) is 2.09. The van der Waals surface area contributed by atoms with Gasteiger partial charge in [0.1, 0.15) is 0 Å². The number of rotatable bonds is 1. The maximum Gasteiger partial charge on any atom is 0.327 e. The Morgan fingerprint density at radius 3 is 2.00 bits per heavy atom. The molecule has 0 radical (unpaired) electrons. The van der Waals surface area contributed by atoms with Gasteiger partial charge in [-0.15, -0.1) is 0 Å². The van der Waals surface area contributed by atoms with E-state index in [-0.39, 0.29) is 0 Å². The third-order valence-electron chi connectivity index (χ3n) is 1.09. The van der Waals surface area contributed by atoms with Gasteiger partial charge in [-0.2, -0.15) is 0 Å². The van der Waals surface area contributed by atoms with E-state index in [1.54, 1.807) is 0 Å². The molecule has 0 amide bonds. The van der Waals surface area contributed by atoms with Crippen LogP contribution in [0.2, 0.25) is 5.02 Å². The molecular formula is C5H3ClF5NS. The van der Waals surface area contributed by atoms with Crippen LogP contribution in [0.1, 0.15) is 0 Å². The zero-order valence-corrected chi connectivity index (χ0v) is 7.43. The number of hydrogen-bond donors (Lipinski definition) is 0. The summed E-state index contributed by atoms with van der Waals surface area (Å²) in [6.07, 6.45) is 0.610. The zero-order valence-electron chi connectivity index (χ0n) is 5.86. The second-order valence-corrected chi connectivity index (χ2v) is 4.99. The van der Waals surface area contributed by atoms with Gasteiger partial charge in [-0.25, -0.2) is 4.98 Å². The summed E-state index contributed by atoms with van der Waals surface area (Å²) < 4.78 is 60.3. The van der Waals surface area contributed by atoms with Crippen molar-refractivity contribution in [2.45, 2.75) is 5.03 Å². The van der Waals surface area contributed by atoms with E-state index in [1.165, 1.54) is 0 Å². The molecule has 0 bridgehead atoms. The summed E-state index contributed by atoms with van der Waals surface area (Å²) in [4.78, 5) is 2.54. The summed E-state index contributed by atoms with van der Waals surface area (Å²) in [7, 11) is -9.72. The molecule has 0 aliphatic rings. The minimum Gasteiger partial charge on any atom is -0.240 e. The Kier molecular flexibility index (Phi) is 1.69. The van der Waals surface area contributed by atoms with Gasteiger partial charge < -0.3 is 0 Å². The highest BCUT2D eigenvalue weighted by Crippen LogP contribution is 3.02. The lowest BCUT2D eigenvalue weighted by molar-refractivity contribution is 0.358. The van der Waals surface area contributed by atoms with Crippen molar-refractivity contribution < 1.29 is 19.4 Å². The molecule has 0 N–H and O–H groups in total. The summed E-state index contributed by atoms with van der Waals surface area (Å²) in [5.74, 6) is 0. The summed E-state index contributed by atoms with van der Waals surface area (Å²) >= 11 is 4.96. The summed E-state index contributed by atoms with van der Waals surface area (Å²) in [6.45, 7) is 0. The molecule has 0 aromatic carbocycles. The van der Waals surface area contributed by atoms with Crippen molar-refractivity contribution in [1.82, 2.24) is 4.98 Å². The van der Waals surface area contributed by atoms with Crippen molar-refractivity contribution in [2.75, 3.05) is 0 Å². The number of pyridine rings is 1. The standard InChI is InChI=1S/C5H3ClF5NS/c6-4-2-1-3-12-5(4)13(7,8,9,10)11/h1-3H. The molecule has 76 valence electrons. The van der Waals surface area contributed by atoms with Crippen LogP contribution in [0.15, 0.2) is 23.4 Å². The quantitative estimate of drug-likeness (QED) is 0.662. The number of hydrogen-bond acceptors (Lipinski definition) is 1. The van der Waals surface area contributed by atoms with Crippen LogP contribution in [-0.2, 0) is 0 Å².